The maximum absolute atomic E-state index is 13.3. The lowest BCUT2D eigenvalue weighted by Crippen LogP contribution is -2.32. The smallest absolute Gasteiger partial charge is 0.262 e. The minimum atomic E-state index is -0.0894. The van der Waals surface area contributed by atoms with Gasteiger partial charge in [-0.2, -0.15) is 0 Å². The molecule has 1 N–H and O–H groups in total. The van der Waals surface area contributed by atoms with Gasteiger partial charge < -0.3 is 5.32 Å². The molecule has 172 valence electrons. The van der Waals surface area contributed by atoms with Crippen molar-refractivity contribution in [2.24, 2.45) is 5.92 Å². The molecular weight excluding hydrogens is 430 g/mol. The van der Waals surface area contributed by atoms with E-state index in [0.717, 1.165) is 36.8 Å². The first kappa shape index (κ1) is 23.3. The van der Waals surface area contributed by atoms with Crippen molar-refractivity contribution in [3.63, 3.8) is 0 Å². The normalized spacial score (nSPS) is 14.2. The molecule has 0 radical (unpaired) electrons. The summed E-state index contributed by atoms with van der Waals surface area (Å²) < 4.78 is 1.77. The van der Waals surface area contributed by atoms with Crippen molar-refractivity contribution in [2.75, 3.05) is 0 Å². The first-order valence-electron chi connectivity index (χ1n) is 11.6. The van der Waals surface area contributed by atoms with E-state index in [4.69, 9.17) is 4.98 Å². The summed E-state index contributed by atoms with van der Waals surface area (Å²) in [5.74, 6) is 0.924. The minimum absolute atomic E-state index is 0.0547. The van der Waals surface area contributed by atoms with Gasteiger partial charge in [-0.1, -0.05) is 75.4 Å². The molecule has 1 amide bonds. The van der Waals surface area contributed by atoms with E-state index in [1.165, 1.54) is 0 Å². The summed E-state index contributed by atoms with van der Waals surface area (Å²) in [6.07, 6.45) is 6.22. The van der Waals surface area contributed by atoms with Gasteiger partial charge in [0.15, 0.2) is 5.16 Å². The number of amides is 1. The summed E-state index contributed by atoms with van der Waals surface area (Å²) in [5, 5.41) is 4.35. The van der Waals surface area contributed by atoms with Crippen molar-refractivity contribution in [2.45, 2.75) is 63.0 Å². The molecule has 1 aliphatic carbocycles. The lowest BCUT2D eigenvalue weighted by Gasteiger charge is -2.16. The Morgan fingerprint density at radius 3 is 2.61 bits per heavy atom. The Morgan fingerprint density at radius 2 is 1.94 bits per heavy atom. The Morgan fingerprint density at radius 1 is 1.21 bits per heavy atom. The van der Waals surface area contributed by atoms with E-state index in [-0.39, 0.29) is 17.5 Å². The Hall–Kier alpha value is -2.86. The van der Waals surface area contributed by atoms with Crippen LogP contribution in [0.1, 0.15) is 61.0 Å². The van der Waals surface area contributed by atoms with E-state index in [1.807, 2.05) is 18.2 Å². The average molecular weight is 462 g/mol. The molecule has 0 bridgehead atoms. The zero-order valence-electron chi connectivity index (χ0n) is 19.3. The largest absolute Gasteiger partial charge is 0.349 e. The van der Waals surface area contributed by atoms with Crippen molar-refractivity contribution in [1.82, 2.24) is 14.9 Å². The fourth-order valence-corrected chi connectivity index (χ4v) is 5.18. The van der Waals surface area contributed by atoms with Gasteiger partial charge in [-0.15, -0.1) is 0 Å². The van der Waals surface area contributed by atoms with E-state index >= 15 is 0 Å². The third-order valence-electron chi connectivity index (χ3n) is 6.00. The zero-order chi connectivity index (χ0) is 23.4. The molecule has 0 atom stereocenters. The molecule has 33 heavy (non-hydrogen) atoms. The summed E-state index contributed by atoms with van der Waals surface area (Å²) in [7, 11) is 0. The van der Waals surface area contributed by atoms with Crippen molar-refractivity contribution < 1.29 is 4.79 Å². The highest BCUT2D eigenvalue weighted by molar-refractivity contribution is 7.98. The number of benzene rings is 2. The lowest BCUT2D eigenvalue weighted by molar-refractivity contribution is 0.0938. The number of nitrogens with one attached hydrogen (secondary N) is 1. The third kappa shape index (κ3) is 5.56. The number of nitrogens with zero attached hydrogens (tertiary/aromatic N) is 2. The molecule has 6 heteroatoms. The first-order chi connectivity index (χ1) is 15.9. The second-order valence-corrected chi connectivity index (χ2v) is 10.1. The summed E-state index contributed by atoms with van der Waals surface area (Å²) in [5.41, 5.74) is 3.30. The van der Waals surface area contributed by atoms with Crippen LogP contribution < -0.4 is 10.9 Å². The molecule has 1 aliphatic rings. The zero-order valence-corrected chi connectivity index (χ0v) is 20.2. The SMILES string of the molecule is C=Cc1ccc(CSc2nc3cc(C(=O)NC4CCCC4)ccc3c(=O)n2CC(C)C)cc1. The van der Waals surface area contributed by atoms with Crippen LogP contribution in [-0.2, 0) is 12.3 Å². The minimum Gasteiger partial charge on any atom is -0.349 e. The van der Waals surface area contributed by atoms with Gasteiger partial charge in [-0.25, -0.2) is 4.98 Å². The molecule has 1 aromatic heterocycles. The molecule has 4 rings (SSSR count). The van der Waals surface area contributed by atoms with Gasteiger partial charge >= 0.3 is 0 Å². The molecule has 2 aromatic carbocycles. The Labute approximate surface area is 199 Å². The van der Waals surface area contributed by atoms with Crippen LogP contribution in [-0.4, -0.2) is 21.5 Å². The summed E-state index contributed by atoms with van der Waals surface area (Å²) >= 11 is 1.55. The van der Waals surface area contributed by atoms with Crippen LogP contribution in [0.15, 0.2) is 59.0 Å². The second kappa shape index (κ2) is 10.4. The fraction of sp³-hybridized carbons (Fsp3) is 0.370. The second-order valence-electron chi connectivity index (χ2n) is 9.13. The quantitative estimate of drug-likeness (QED) is 0.347. The Balaban J connectivity index is 1.65. The van der Waals surface area contributed by atoms with Crippen LogP contribution in [0, 0.1) is 5.92 Å². The van der Waals surface area contributed by atoms with Crippen LogP contribution in [0.5, 0.6) is 0 Å². The van der Waals surface area contributed by atoms with Crippen LogP contribution in [0.4, 0.5) is 0 Å². The van der Waals surface area contributed by atoms with Gasteiger partial charge in [0.2, 0.25) is 0 Å². The van der Waals surface area contributed by atoms with Gasteiger partial charge in [-0.3, -0.25) is 14.2 Å². The molecule has 0 unspecified atom stereocenters. The molecule has 0 saturated heterocycles. The number of thioether (sulfide) groups is 1. The predicted molar refractivity (Wildman–Crippen MR) is 137 cm³/mol. The Kier molecular flexibility index (Phi) is 7.33. The van der Waals surface area contributed by atoms with E-state index in [0.29, 0.717) is 39.8 Å². The molecule has 3 aromatic rings. The van der Waals surface area contributed by atoms with Crippen molar-refractivity contribution in [3.8, 4) is 0 Å². The highest BCUT2D eigenvalue weighted by Crippen LogP contribution is 2.24. The molecular formula is C27H31N3O2S. The van der Waals surface area contributed by atoms with E-state index < -0.39 is 0 Å². The summed E-state index contributed by atoms with van der Waals surface area (Å²) in [4.78, 5) is 30.9. The fourth-order valence-electron chi connectivity index (χ4n) is 4.21. The van der Waals surface area contributed by atoms with E-state index in [1.54, 1.807) is 34.5 Å². The van der Waals surface area contributed by atoms with Crippen molar-refractivity contribution in [3.05, 3.63) is 76.1 Å². The van der Waals surface area contributed by atoms with Gasteiger partial charge in [0.05, 0.1) is 10.9 Å². The predicted octanol–water partition coefficient (Wildman–Crippen LogP) is 5.66. The average Bonchev–Trinajstić information content (AvgIpc) is 3.32. The van der Waals surface area contributed by atoms with Crippen LogP contribution in [0.3, 0.4) is 0 Å². The van der Waals surface area contributed by atoms with Crippen LogP contribution >= 0.6 is 11.8 Å². The highest BCUT2D eigenvalue weighted by atomic mass is 32.2. The first-order valence-corrected chi connectivity index (χ1v) is 12.6. The van der Waals surface area contributed by atoms with Crippen LogP contribution in [0.25, 0.3) is 17.0 Å². The molecule has 0 spiro atoms. The summed E-state index contributed by atoms with van der Waals surface area (Å²) in [6, 6.07) is 13.7. The maximum Gasteiger partial charge on any atom is 0.262 e. The summed E-state index contributed by atoms with van der Waals surface area (Å²) in [6.45, 7) is 8.58. The van der Waals surface area contributed by atoms with E-state index in [9.17, 15) is 9.59 Å². The number of hydrogen-bond acceptors (Lipinski definition) is 4. The number of hydrogen-bond donors (Lipinski definition) is 1. The molecule has 1 saturated carbocycles. The Bertz CT molecular complexity index is 1210. The van der Waals surface area contributed by atoms with Crippen LogP contribution in [0.2, 0.25) is 0 Å². The number of carbonyl (C=O) groups is 1. The van der Waals surface area contributed by atoms with Gasteiger partial charge in [-0.05, 0) is 48.1 Å². The number of carbonyl (C=O) groups excluding carboxylic acids is 1. The number of fused-ring (bicyclic) bond motifs is 1. The van der Waals surface area contributed by atoms with Gasteiger partial charge in [0.25, 0.3) is 11.5 Å². The van der Waals surface area contributed by atoms with Crippen molar-refractivity contribution >= 4 is 34.6 Å². The molecule has 5 nitrogen and oxygen atoms in total. The highest BCUT2D eigenvalue weighted by Gasteiger charge is 2.19. The molecule has 0 aliphatic heterocycles. The van der Waals surface area contributed by atoms with Gasteiger partial charge in [0, 0.05) is 23.9 Å². The topological polar surface area (TPSA) is 64.0 Å². The van der Waals surface area contributed by atoms with Gasteiger partial charge in [0.1, 0.15) is 0 Å². The van der Waals surface area contributed by atoms with Crippen molar-refractivity contribution in [1.29, 1.82) is 0 Å². The molecule has 1 heterocycles. The lowest BCUT2D eigenvalue weighted by atomic mass is 10.1. The standard InChI is InChI=1S/C27H31N3O2S/c1-4-19-9-11-20(12-10-19)17-33-27-29-24-15-21(25(31)28-22-7-5-6-8-22)13-14-23(24)26(32)30(27)16-18(2)3/h4,9-15,18,22H,1,5-8,16-17H2,2-3H3,(H,28,31). The van der Waals surface area contributed by atoms with E-state index in [2.05, 4.69) is 37.9 Å². The number of aromatic nitrogens is 2. The monoisotopic (exact) mass is 461 g/mol. The number of rotatable bonds is 8. The maximum atomic E-state index is 13.3. The third-order valence-corrected chi connectivity index (χ3v) is 7.05. The molecule has 1 fully saturated rings.